The highest BCUT2D eigenvalue weighted by molar-refractivity contribution is 5.91. The molecule has 3 nitrogen and oxygen atoms in total. The van der Waals surface area contributed by atoms with Crippen molar-refractivity contribution < 1.29 is 9.53 Å². The normalized spacial score (nSPS) is 11.0. The number of fused-ring (bicyclic) bond motifs is 1. The molecule has 0 unspecified atom stereocenters. The van der Waals surface area contributed by atoms with Crippen molar-refractivity contribution in [1.82, 2.24) is 4.57 Å². The van der Waals surface area contributed by atoms with Gasteiger partial charge < -0.3 is 9.30 Å². The number of carbonyl (C=O) groups is 1. The Hall–Kier alpha value is -2.55. The third-order valence-electron chi connectivity index (χ3n) is 4.84. The van der Waals surface area contributed by atoms with E-state index >= 15 is 0 Å². The summed E-state index contributed by atoms with van der Waals surface area (Å²) < 4.78 is 7.67. The average molecular weight is 349 g/mol. The second-order valence-corrected chi connectivity index (χ2v) is 6.78. The summed E-state index contributed by atoms with van der Waals surface area (Å²) in [4.78, 5) is 12.7. The van der Waals surface area contributed by atoms with Crippen molar-refractivity contribution in [3.8, 4) is 5.75 Å². The van der Waals surface area contributed by atoms with E-state index in [1.807, 2.05) is 30.3 Å². The van der Waals surface area contributed by atoms with Gasteiger partial charge >= 0.3 is 0 Å². The highest BCUT2D eigenvalue weighted by Gasteiger charge is 2.14. The molecule has 3 rings (SSSR count). The average Bonchev–Trinajstić information content (AvgIpc) is 3.00. The number of hydrogen-bond donors (Lipinski definition) is 0. The first-order valence-electron chi connectivity index (χ1n) is 9.43. The molecule has 3 heteroatoms. The first kappa shape index (κ1) is 18.2. The van der Waals surface area contributed by atoms with Crippen LogP contribution in [0.1, 0.15) is 37.3 Å². The molecule has 0 saturated heterocycles. The van der Waals surface area contributed by atoms with Crippen molar-refractivity contribution in [3.05, 3.63) is 65.9 Å². The Labute approximate surface area is 155 Å². The molecule has 0 fully saturated rings. The molecule has 1 aromatic heterocycles. The lowest BCUT2D eigenvalue weighted by atomic mass is 10.0. The fourth-order valence-electron chi connectivity index (χ4n) is 3.52. The minimum atomic E-state index is 0.214. The Morgan fingerprint density at radius 1 is 0.962 bits per heavy atom. The summed E-state index contributed by atoms with van der Waals surface area (Å²) in [6.07, 6.45) is 6.64. The minimum Gasteiger partial charge on any atom is -0.496 e. The van der Waals surface area contributed by atoms with Gasteiger partial charge in [-0.3, -0.25) is 4.79 Å². The molecule has 0 amide bonds. The number of ether oxygens (including phenoxy) is 1. The molecule has 0 atom stereocenters. The molecule has 0 spiro atoms. The second-order valence-electron chi connectivity index (χ2n) is 6.78. The van der Waals surface area contributed by atoms with Gasteiger partial charge in [-0.25, -0.2) is 0 Å². The zero-order valence-corrected chi connectivity index (χ0v) is 15.7. The Morgan fingerprint density at radius 2 is 1.69 bits per heavy atom. The maximum Gasteiger partial charge on any atom is 0.141 e. The standard InChI is InChI=1S/C23H27NO2/c1-3-4-9-14-24-17-19(21-11-6-7-12-22(21)24)16-20(25)15-18-10-5-8-13-23(18)26-2/h5-8,10-13,17H,3-4,9,14-16H2,1-2H3. The van der Waals surface area contributed by atoms with Crippen molar-refractivity contribution in [2.45, 2.75) is 45.6 Å². The summed E-state index contributed by atoms with van der Waals surface area (Å²) in [5.41, 5.74) is 3.30. The van der Waals surface area contributed by atoms with Gasteiger partial charge in [0.05, 0.1) is 7.11 Å². The van der Waals surface area contributed by atoms with Gasteiger partial charge in [0, 0.05) is 42.0 Å². The Balaban J connectivity index is 1.78. The molecule has 0 saturated carbocycles. The molecule has 3 aromatic rings. The van der Waals surface area contributed by atoms with E-state index < -0.39 is 0 Å². The summed E-state index contributed by atoms with van der Waals surface area (Å²) >= 11 is 0. The van der Waals surface area contributed by atoms with Gasteiger partial charge in [0.25, 0.3) is 0 Å². The van der Waals surface area contributed by atoms with E-state index in [9.17, 15) is 4.79 Å². The molecule has 1 heterocycles. The Kier molecular flexibility index (Phi) is 6.11. The maximum atomic E-state index is 12.7. The molecule has 136 valence electrons. The van der Waals surface area contributed by atoms with Gasteiger partial charge in [-0.15, -0.1) is 0 Å². The van der Waals surface area contributed by atoms with E-state index in [1.54, 1.807) is 7.11 Å². The van der Waals surface area contributed by atoms with Crippen molar-refractivity contribution >= 4 is 16.7 Å². The number of benzene rings is 2. The van der Waals surface area contributed by atoms with Gasteiger partial charge in [0.15, 0.2) is 0 Å². The zero-order chi connectivity index (χ0) is 18.4. The van der Waals surface area contributed by atoms with Gasteiger partial charge in [-0.2, -0.15) is 0 Å². The molecule has 0 radical (unpaired) electrons. The van der Waals surface area contributed by atoms with Crippen LogP contribution in [0.25, 0.3) is 10.9 Å². The number of hydrogen-bond acceptors (Lipinski definition) is 2. The molecular formula is C23H27NO2. The van der Waals surface area contributed by atoms with E-state index in [2.05, 4.69) is 35.9 Å². The lowest BCUT2D eigenvalue weighted by Crippen LogP contribution is -2.07. The minimum absolute atomic E-state index is 0.214. The summed E-state index contributed by atoms with van der Waals surface area (Å²) in [7, 11) is 1.65. The number of ketones is 1. The maximum absolute atomic E-state index is 12.7. The number of methoxy groups -OCH3 is 1. The van der Waals surface area contributed by atoms with E-state index in [1.165, 1.54) is 30.2 Å². The molecule has 0 aliphatic heterocycles. The summed E-state index contributed by atoms with van der Waals surface area (Å²) in [5.74, 6) is 0.994. The van der Waals surface area contributed by atoms with Crippen LogP contribution >= 0.6 is 0 Å². The molecule has 0 bridgehead atoms. The van der Waals surface area contributed by atoms with E-state index in [0.717, 1.165) is 23.4 Å². The van der Waals surface area contributed by atoms with Crippen LogP contribution in [-0.2, 0) is 24.2 Å². The number of para-hydroxylation sites is 2. The number of carbonyl (C=O) groups excluding carboxylic acids is 1. The fourth-order valence-corrected chi connectivity index (χ4v) is 3.52. The number of nitrogens with zero attached hydrogens (tertiary/aromatic N) is 1. The third kappa shape index (κ3) is 4.16. The van der Waals surface area contributed by atoms with Crippen molar-refractivity contribution in [3.63, 3.8) is 0 Å². The van der Waals surface area contributed by atoms with E-state index in [-0.39, 0.29) is 5.78 Å². The lowest BCUT2D eigenvalue weighted by molar-refractivity contribution is -0.117. The predicted molar refractivity (Wildman–Crippen MR) is 107 cm³/mol. The number of Topliss-reactive ketones (excluding diaryl/α,β-unsaturated/α-hetero) is 1. The summed E-state index contributed by atoms with van der Waals surface area (Å²) in [6, 6.07) is 16.1. The molecule has 0 aliphatic carbocycles. The van der Waals surface area contributed by atoms with Crippen molar-refractivity contribution in [2.24, 2.45) is 0 Å². The van der Waals surface area contributed by atoms with Gasteiger partial charge in [-0.1, -0.05) is 56.2 Å². The van der Waals surface area contributed by atoms with Gasteiger partial charge in [0.1, 0.15) is 11.5 Å². The SMILES string of the molecule is CCCCCn1cc(CC(=O)Cc2ccccc2OC)c2ccccc21. The summed E-state index contributed by atoms with van der Waals surface area (Å²) in [5, 5.41) is 1.19. The highest BCUT2D eigenvalue weighted by Crippen LogP contribution is 2.24. The second kappa shape index (κ2) is 8.70. The quantitative estimate of drug-likeness (QED) is 0.498. The predicted octanol–water partition coefficient (Wildman–Crippen LogP) is 5.19. The van der Waals surface area contributed by atoms with Crippen molar-refractivity contribution in [1.29, 1.82) is 0 Å². The smallest absolute Gasteiger partial charge is 0.141 e. The van der Waals surface area contributed by atoms with Crippen LogP contribution in [0.3, 0.4) is 0 Å². The van der Waals surface area contributed by atoms with Crippen LogP contribution in [0.4, 0.5) is 0 Å². The van der Waals surface area contributed by atoms with Gasteiger partial charge in [-0.05, 0) is 24.1 Å². The van der Waals surface area contributed by atoms with Crippen LogP contribution in [0.2, 0.25) is 0 Å². The van der Waals surface area contributed by atoms with Crippen LogP contribution in [0.15, 0.2) is 54.7 Å². The van der Waals surface area contributed by atoms with Crippen LogP contribution in [0.5, 0.6) is 5.75 Å². The van der Waals surface area contributed by atoms with E-state index in [4.69, 9.17) is 4.74 Å². The Bertz CT molecular complexity index is 879. The number of rotatable bonds is 9. The number of unbranched alkanes of at least 4 members (excludes halogenated alkanes) is 2. The third-order valence-corrected chi connectivity index (χ3v) is 4.84. The molecule has 0 N–H and O–H groups in total. The summed E-state index contributed by atoms with van der Waals surface area (Å²) in [6.45, 7) is 3.23. The molecular weight excluding hydrogens is 322 g/mol. The molecule has 2 aromatic carbocycles. The van der Waals surface area contributed by atoms with Crippen molar-refractivity contribution in [2.75, 3.05) is 7.11 Å². The number of aromatic nitrogens is 1. The van der Waals surface area contributed by atoms with E-state index in [0.29, 0.717) is 12.8 Å². The Morgan fingerprint density at radius 3 is 2.50 bits per heavy atom. The molecule has 0 aliphatic rings. The highest BCUT2D eigenvalue weighted by atomic mass is 16.5. The fraction of sp³-hybridized carbons (Fsp3) is 0.348. The zero-order valence-electron chi connectivity index (χ0n) is 15.7. The van der Waals surface area contributed by atoms with Crippen LogP contribution in [-0.4, -0.2) is 17.5 Å². The van der Waals surface area contributed by atoms with Crippen LogP contribution < -0.4 is 4.74 Å². The first-order chi connectivity index (χ1) is 12.7. The monoisotopic (exact) mass is 349 g/mol. The van der Waals surface area contributed by atoms with Crippen LogP contribution in [0, 0.1) is 0 Å². The lowest BCUT2D eigenvalue weighted by Gasteiger charge is -2.07. The topological polar surface area (TPSA) is 31.2 Å². The number of aryl methyl sites for hydroxylation is 1. The first-order valence-corrected chi connectivity index (χ1v) is 9.43. The molecule has 26 heavy (non-hydrogen) atoms. The van der Waals surface area contributed by atoms with Gasteiger partial charge in [0.2, 0.25) is 0 Å². The largest absolute Gasteiger partial charge is 0.496 e.